The lowest BCUT2D eigenvalue weighted by Crippen LogP contribution is -2.15. The van der Waals surface area contributed by atoms with Crippen molar-refractivity contribution >= 4 is 57.6 Å². The molecule has 0 aliphatic heterocycles. The molecule has 0 fully saturated rings. The van der Waals surface area contributed by atoms with Crippen molar-refractivity contribution in [3.05, 3.63) is 75.8 Å². The van der Waals surface area contributed by atoms with E-state index in [1.165, 1.54) is 12.4 Å². The van der Waals surface area contributed by atoms with E-state index < -0.39 is 11.9 Å². The average Bonchev–Trinajstić information content (AvgIpc) is 3.22. The SMILES string of the molecule is C.CC(C)OC(=O)c1cnc(Cl)nc1-n1ccc2ccccc21.CC(C)OC(=O)c1cnc(Cl)nc1Cl. The summed E-state index contributed by atoms with van der Waals surface area (Å²) in [7, 11) is 0. The van der Waals surface area contributed by atoms with E-state index in [0.29, 0.717) is 5.82 Å². The number of nitrogens with zero attached hydrogens (tertiary/aromatic N) is 5. The van der Waals surface area contributed by atoms with Gasteiger partial charge in [0.2, 0.25) is 10.6 Å². The van der Waals surface area contributed by atoms with Gasteiger partial charge in [-0.2, -0.15) is 4.98 Å². The van der Waals surface area contributed by atoms with Crippen molar-refractivity contribution in [3.8, 4) is 5.82 Å². The van der Waals surface area contributed by atoms with Crippen molar-refractivity contribution in [2.75, 3.05) is 0 Å². The Labute approximate surface area is 229 Å². The molecule has 196 valence electrons. The van der Waals surface area contributed by atoms with Crippen LogP contribution in [-0.2, 0) is 9.47 Å². The predicted molar refractivity (Wildman–Crippen MR) is 144 cm³/mol. The van der Waals surface area contributed by atoms with Gasteiger partial charge in [0.1, 0.15) is 16.3 Å². The largest absolute Gasteiger partial charge is 0.459 e. The average molecular weight is 567 g/mol. The fourth-order valence-corrected chi connectivity index (χ4v) is 3.49. The van der Waals surface area contributed by atoms with E-state index in [9.17, 15) is 9.59 Å². The van der Waals surface area contributed by atoms with E-state index >= 15 is 0 Å². The molecule has 0 saturated heterocycles. The van der Waals surface area contributed by atoms with Crippen LogP contribution in [0.25, 0.3) is 16.7 Å². The highest BCUT2D eigenvalue weighted by atomic mass is 35.5. The smallest absolute Gasteiger partial charge is 0.343 e. The van der Waals surface area contributed by atoms with Crippen molar-refractivity contribution in [3.63, 3.8) is 0 Å². The van der Waals surface area contributed by atoms with E-state index in [0.717, 1.165) is 10.9 Å². The van der Waals surface area contributed by atoms with Crippen LogP contribution in [0.2, 0.25) is 15.7 Å². The summed E-state index contributed by atoms with van der Waals surface area (Å²) < 4.78 is 12.0. The van der Waals surface area contributed by atoms with Crippen LogP contribution >= 0.6 is 34.8 Å². The molecular weight excluding hydrogens is 541 g/mol. The second-order valence-electron chi connectivity index (χ2n) is 7.87. The molecule has 0 bridgehead atoms. The van der Waals surface area contributed by atoms with Gasteiger partial charge in [0.15, 0.2) is 5.82 Å². The standard InChI is InChI=1S/C16H14ClN3O2.C8H8Cl2N2O2.CH4/c1-10(2)22-15(21)12-9-18-16(17)19-14(12)20-8-7-11-5-3-4-6-13(11)20;1-4(2)14-7(13)5-3-11-8(10)12-6(5)9;/h3-10H,1-2H3;3-4H,1-2H3;1H4. The van der Waals surface area contributed by atoms with Crippen LogP contribution in [-0.4, -0.2) is 48.6 Å². The Morgan fingerprint density at radius 2 is 1.35 bits per heavy atom. The molecule has 9 nitrogen and oxygen atoms in total. The Morgan fingerprint density at radius 3 is 1.95 bits per heavy atom. The van der Waals surface area contributed by atoms with Crippen molar-refractivity contribution < 1.29 is 19.1 Å². The van der Waals surface area contributed by atoms with Crippen molar-refractivity contribution in [2.24, 2.45) is 0 Å². The highest BCUT2D eigenvalue weighted by Crippen LogP contribution is 2.23. The van der Waals surface area contributed by atoms with Gasteiger partial charge in [-0.15, -0.1) is 0 Å². The lowest BCUT2D eigenvalue weighted by molar-refractivity contribution is 0.0366. The van der Waals surface area contributed by atoms with Crippen molar-refractivity contribution in [2.45, 2.75) is 47.3 Å². The van der Waals surface area contributed by atoms with Crippen LogP contribution < -0.4 is 0 Å². The first-order chi connectivity index (χ1) is 17.1. The number of hydrogen-bond donors (Lipinski definition) is 0. The van der Waals surface area contributed by atoms with E-state index in [-0.39, 0.29) is 46.5 Å². The van der Waals surface area contributed by atoms with Gasteiger partial charge in [0, 0.05) is 18.6 Å². The number of esters is 2. The summed E-state index contributed by atoms with van der Waals surface area (Å²) in [6.07, 6.45) is 4.04. The molecule has 0 amide bonds. The molecule has 0 unspecified atom stereocenters. The van der Waals surface area contributed by atoms with Crippen LogP contribution in [0.1, 0.15) is 55.8 Å². The molecule has 0 radical (unpaired) electrons. The fraction of sp³-hybridized carbons (Fsp3) is 0.280. The maximum absolute atomic E-state index is 12.3. The van der Waals surface area contributed by atoms with Gasteiger partial charge in [-0.1, -0.05) is 37.2 Å². The lowest BCUT2D eigenvalue weighted by atomic mass is 10.2. The van der Waals surface area contributed by atoms with Gasteiger partial charge in [-0.05, 0) is 68.4 Å². The second-order valence-corrected chi connectivity index (χ2v) is 8.91. The Kier molecular flexibility index (Phi) is 10.8. The van der Waals surface area contributed by atoms with Gasteiger partial charge in [0.25, 0.3) is 0 Å². The zero-order chi connectivity index (χ0) is 26.4. The molecule has 0 spiro atoms. The zero-order valence-corrected chi connectivity index (χ0v) is 22.0. The second kappa shape index (κ2) is 13.3. The fourth-order valence-electron chi connectivity index (χ4n) is 2.98. The minimum atomic E-state index is -0.554. The van der Waals surface area contributed by atoms with Crippen LogP contribution in [0, 0.1) is 0 Å². The van der Waals surface area contributed by atoms with E-state index in [2.05, 4.69) is 19.9 Å². The maximum Gasteiger partial charge on any atom is 0.343 e. The van der Waals surface area contributed by atoms with Crippen LogP contribution in [0.15, 0.2) is 48.9 Å². The molecule has 0 N–H and O–H groups in total. The summed E-state index contributed by atoms with van der Waals surface area (Å²) in [6.45, 7) is 7.06. The van der Waals surface area contributed by atoms with Gasteiger partial charge >= 0.3 is 11.9 Å². The first-order valence-electron chi connectivity index (χ1n) is 10.8. The van der Waals surface area contributed by atoms with E-state index in [1.54, 1.807) is 32.3 Å². The maximum atomic E-state index is 12.3. The number of rotatable bonds is 5. The van der Waals surface area contributed by atoms with Gasteiger partial charge < -0.3 is 14.0 Å². The number of benzene rings is 1. The van der Waals surface area contributed by atoms with E-state index in [4.69, 9.17) is 44.3 Å². The molecule has 4 rings (SSSR count). The summed E-state index contributed by atoms with van der Waals surface area (Å²) in [5.74, 6) is -0.618. The number of hydrogen-bond acceptors (Lipinski definition) is 8. The number of halogens is 3. The Bertz CT molecular complexity index is 1390. The first-order valence-corrected chi connectivity index (χ1v) is 11.9. The van der Waals surface area contributed by atoms with Crippen molar-refractivity contribution in [1.29, 1.82) is 0 Å². The molecule has 37 heavy (non-hydrogen) atoms. The highest BCUT2D eigenvalue weighted by Gasteiger charge is 2.19. The normalized spacial score (nSPS) is 10.5. The predicted octanol–water partition coefficient (Wildman–Crippen LogP) is 6.62. The molecule has 12 heteroatoms. The lowest BCUT2D eigenvalue weighted by Gasteiger charge is -2.12. The molecule has 4 aromatic rings. The molecule has 0 atom stereocenters. The minimum Gasteiger partial charge on any atom is -0.459 e. The topological polar surface area (TPSA) is 109 Å². The van der Waals surface area contributed by atoms with Gasteiger partial charge in [-0.25, -0.2) is 24.5 Å². The third kappa shape index (κ3) is 7.85. The summed E-state index contributed by atoms with van der Waals surface area (Å²) in [4.78, 5) is 39.0. The molecule has 1 aromatic carbocycles. The number of aromatic nitrogens is 5. The summed E-state index contributed by atoms with van der Waals surface area (Å²) in [6, 6.07) is 9.76. The van der Waals surface area contributed by atoms with Crippen LogP contribution in [0.4, 0.5) is 0 Å². The van der Waals surface area contributed by atoms with Gasteiger partial charge in [0.05, 0.1) is 17.7 Å². The Balaban J connectivity index is 0.000000280. The molecular formula is C25H26Cl3N5O4. The van der Waals surface area contributed by atoms with Gasteiger partial charge in [-0.3, -0.25) is 0 Å². The highest BCUT2D eigenvalue weighted by molar-refractivity contribution is 6.33. The molecule has 3 aromatic heterocycles. The quantitative estimate of drug-likeness (QED) is 0.150. The number of fused-ring (bicyclic) bond motifs is 1. The molecule has 0 aliphatic carbocycles. The third-order valence-electron chi connectivity index (χ3n) is 4.41. The minimum absolute atomic E-state index is 0. The third-order valence-corrected chi connectivity index (χ3v) is 5.06. The summed E-state index contributed by atoms with van der Waals surface area (Å²) in [5.41, 5.74) is 1.32. The van der Waals surface area contributed by atoms with Crippen LogP contribution in [0.5, 0.6) is 0 Å². The Morgan fingerprint density at radius 1 is 0.811 bits per heavy atom. The number of carbonyl (C=O) groups is 2. The number of ether oxygens (including phenoxy) is 2. The van der Waals surface area contributed by atoms with Crippen molar-refractivity contribution in [1.82, 2.24) is 24.5 Å². The van der Waals surface area contributed by atoms with Crippen LogP contribution in [0.3, 0.4) is 0 Å². The Hall–Kier alpha value is -3.27. The van der Waals surface area contributed by atoms with E-state index in [1.807, 2.05) is 36.5 Å². The monoisotopic (exact) mass is 565 g/mol. The molecule has 0 aliphatic rings. The first kappa shape index (κ1) is 30.0. The number of para-hydroxylation sites is 1. The summed E-state index contributed by atoms with van der Waals surface area (Å²) in [5, 5.41) is 1.11. The zero-order valence-electron chi connectivity index (χ0n) is 19.8. The number of carbonyl (C=O) groups excluding carboxylic acids is 2. The summed E-state index contributed by atoms with van der Waals surface area (Å²) >= 11 is 17.0. The molecule has 3 heterocycles. The molecule has 0 saturated carbocycles.